The monoisotopic (exact) mass is 273 g/mol. The van der Waals surface area contributed by atoms with Crippen LogP contribution in [0.4, 0.5) is 0 Å². The van der Waals surface area contributed by atoms with Gasteiger partial charge in [0.05, 0.1) is 0 Å². The van der Waals surface area contributed by atoms with Gasteiger partial charge in [-0.05, 0) is 49.5 Å². The number of fused-ring (bicyclic) bond motifs is 1. The summed E-state index contributed by atoms with van der Waals surface area (Å²) in [7, 11) is 0. The molecule has 1 aromatic rings. The summed E-state index contributed by atoms with van der Waals surface area (Å²) in [5.41, 5.74) is 3.72. The highest BCUT2D eigenvalue weighted by molar-refractivity contribution is 5.99. The van der Waals surface area contributed by atoms with Gasteiger partial charge in [0.25, 0.3) is 0 Å². The summed E-state index contributed by atoms with van der Waals surface area (Å²) in [5.74, 6) is 1.85. The van der Waals surface area contributed by atoms with E-state index in [9.17, 15) is 4.79 Å². The van der Waals surface area contributed by atoms with E-state index in [1.54, 1.807) is 0 Å². The molecule has 0 aromatic carbocycles. The van der Waals surface area contributed by atoms with Crippen LogP contribution in [0, 0.1) is 24.2 Å². The Balaban J connectivity index is 2.07. The van der Waals surface area contributed by atoms with Crippen molar-refractivity contribution in [2.45, 2.75) is 66.3 Å². The number of aromatic nitrogens is 1. The highest BCUT2D eigenvalue weighted by Crippen LogP contribution is 2.44. The quantitative estimate of drug-likeness (QED) is 0.735. The number of hydrogen-bond acceptors (Lipinski definition) is 1. The van der Waals surface area contributed by atoms with E-state index in [-0.39, 0.29) is 5.41 Å². The third-order valence-corrected chi connectivity index (χ3v) is 5.67. The molecule has 0 radical (unpaired) electrons. The third kappa shape index (κ3) is 2.04. The molecule has 3 rings (SSSR count). The van der Waals surface area contributed by atoms with Crippen molar-refractivity contribution in [3.8, 4) is 0 Å². The summed E-state index contributed by atoms with van der Waals surface area (Å²) in [4.78, 5) is 12.4. The number of carbonyl (C=O) groups is 1. The van der Waals surface area contributed by atoms with Crippen molar-refractivity contribution in [2.75, 3.05) is 0 Å². The summed E-state index contributed by atoms with van der Waals surface area (Å²) in [6.07, 6.45) is 4.31. The van der Waals surface area contributed by atoms with Gasteiger partial charge < -0.3 is 4.57 Å². The fraction of sp³-hybridized carbons (Fsp3) is 0.722. The van der Waals surface area contributed by atoms with Crippen LogP contribution in [0.5, 0.6) is 0 Å². The number of hydrogen-bond donors (Lipinski definition) is 0. The Morgan fingerprint density at radius 3 is 2.50 bits per heavy atom. The minimum Gasteiger partial charge on any atom is -0.345 e. The predicted octanol–water partition coefficient (Wildman–Crippen LogP) is 4.56. The molecule has 2 aliphatic carbocycles. The second kappa shape index (κ2) is 4.47. The van der Waals surface area contributed by atoms with Crippen molar-refractivity contribution in [1.29, 1.82) is 0 Å². The topological polar surface area (TPSA) is 22.0 Å². The fourth-order valence-corrected chi connectivity index (χ4v) is 4.34. The summed E-state index contributed by atoms with van der Waals surface area (Å²) in [6, 6.07) is 2.73. The van der Waals surface area contributed by atoms with Gasteiger partial charge in [-0.2, -0.15) is 0 Å². The maximum absolute atomic E-state index is 12.4. The maximum atomic E-state index is 12.4. The lowest BCUT2D eigenvalue weighted by atomic mass is 9.76. The molecule has 20 heavy (non-hydrogen) atoms. The van der Waals surface area contributed by atoms with Gasteiger partial charge in [0.15, 0.2) is 5.78 Å². The van der Waals surface area contributed by atoms with E-state index in [4.69, 9.17) is 0 Å². The summed E-state index contributed by atoms with van der Waals surface area (Å²) >= 11 is 0. The molecule has 0 N–H and O–H groups in total. The molecule has 0 spiro atoms. The SMILES string of the molecule is Cc1cc2c(n1C1CCC(C)C1C)CC(C)(C)CC2=O. The van der Waals surface area contributed by atoms with Gasteiger partial charge >= 0.3 is 0 Å². The van der Waals surface area contributed by atoms with Crippen LogP contribution in [-0.2, 0) is 6.42 Å². The van der Waals surface area contributed by atoms with Crippen LogP contribution >= 0.6 is 0 Å². The lowest BCUT2D eigenvalue weighted by Gasteiger charge is -2.32. The molecule has 0 bridgehead atoms. The Kier molecular flexibility index (Phi) is 3.11. The van der Waals surface area contributed by atoms with Gasteiger partial charge in [-0.3, -0.25) is 4.79 Å². The molecule has 3 atom stereocenters. The van der Waals surface area contributed by atoms with Gasteiger partial charge in [-0.1, -0.05) is 27.7 Å². The zero-order valence-electron chi connectivity index (χ0n) is 13.5. The van der Waals surface area contributed by atoms with Gasteiger partial charge in [0, 0.05) is 29.4 Å². The Labute approximate surface area is 122 Å². The van der Waals surface area contributed by atoms with Gasteiger partial charge in [0.1, 0.15) is 0 Å². The normalized spacial score (nSPS) is 32.5. The minimum absolute atomic E-state index is 0.111. The van der Waals surface area contributed by atoms with E-state index in [0.717, 1.165) is 17.9 Å². The van der Waals surface area contributed by atoms with Crippen molar-refractivity contribution >= 4 is 5.78 Å². The summed E-state index contributed by atoms with van der Waals surface area (Å²) in [5, 5.41) is 0. The number of nitrogens with zero attached hydrogens (tertiary/aromatic N) is 1. The second-order valence-corrected chi connectivity index (χ2v) is 7.94. The van der Waals surface area contributed by atoms with E-state index >= 15 is 0 Å². The van der Waals surface area contributed by atoms with Crippen molar-refractivity contribution in [3.63, 3.8) is 0 Å². The van der Waals surface area contributed by atoms with Crippen LogP contribution in [0.1, 0.15) is 74.7 Å². The maximum Gasteiger partial charge on any atom is 0.165 e. The van der Waals surface area contributed by atoms with Crippen LogP contribution in [0.3, 0.4) is 0 Å². The first kappa shape index (κ1) is 13.9. The number of ketones is 1. The molecule has 3 unspecified atom stereocenters. The highest BCUT2D eigenvalue weighted by Gasteiger charge is 2.38. The molecule has 1 fully saturated rings. The van der Waals surface area contributed by atoms with Crippen molar-refractivity contribution in [3.05, 3.63) is 23.0 Å². The lowest BCUT2D eigenvalue weighted by Crippen LogP contribution is -2.29. The number of carbonyl (C=O) groups excluding carboxylic acids is 1. The molecule has 2 nitrogen and oxygen atoms in total. The van der Waals surface area contributed by atoms with Crippen LogP contribution < -0.4 is 0 Å². The Hall–Kier alpha value is -1.05. The average molecular weight is 273 g/mol. The van der Waals surface area contributed by atoms with E-state index in [0.29, 0.717) is 24.2 Å². The van der Waals surface area contributed by atoms with E-state index in [2.05, 4.69) is 45.3 Å². The number of Topliss-reactive ketones (excluding diaryl/α,β-unsaturated/α-hetero) is 1. The molecule has 1 heterocycles. The van der Waals surface area contributed by atoms with E-state index in [1.807, 2.05) is 0 Å². The van der Waals surface area contributed by atoms with Gasteiger partial charge in [-0.25, -0.2) is 0 Å². The fourth-order valence-electron chi connectivity index (χ4n) is 4.34. The van der Waals surface area contributed by atoms with Crippen LogP contribution in [0.25, 0.3) is 0 Å². The van der Waals surface area contributed by atoms with Gasteiger partial charge in [-0.15, -0.1) is 0 Å². The smallest absolute Gasteiger partial charge is 0.165 e. The third-order valence-electron chi connectivity index (χ3n) is 5.67. The second-order valence-electron chi connectivity index (χ2n) is 7.94. The lowest BCUT2D eigenvalue weighted by molar-refractivity contribution is 0.0908. The number of rotatable bonds is 1. The highest BCUT2D eigenvalue weighted by atomic mass is 16.1. The summed E-state index contributed by atoms with van der Waals surface area (Å²) in [6.45, 7) is 11.4. The molecule has 1 saturated carbocycles. The first-order valence-electron chi connectivity index (χ1n) is 8.04. The van der Waals surface area contributed by atoms with Crippen LogP contribution in [0.2, 0.25) is 0 Å². The molecule has 0 saturated heterocycles. The van der Waals surface area contributed by atoms with E-state index < -0.39 is 0 Å². The molecule has 0 amide bonds. The zero-order chi connectivity index (χ0) is 14.7. The molecule has 2 aliphatic rings. The first-order chi connectivity index (χ1) is 9.30. The first-order valence-corrected chi connectivity index (χ1v) is 8.04. The van der Waals surface area contributed by atoms with Crippen LogP contribution in [-0.4, -0.2) is 10.4 Å². The zero-order valence-corrected chi connectivity index (χ0v) is 13.5. The van der Waals surface area contributed by atoms with Crippen molar-refractivity contribution < 1.29 is 4.79 Å². The van der Waals surface area contributed by atoms with E-state index in [1.165, 1.54) is 24.2 Å². The standard InChI is InChI=1S/C18H27NO/c1-11-6-7-15(13(11)3)19-12(2)8-14-16(19)9-18(4,5)10-17(14)20/h8,11,13,15H,6-7,9-10H2,1-5H3. The molecule has 110 valence electrons. The largest absolute Gasteiger partial charge is 0.345 e. The molecular weight excluding hydrogens is 246 g/mol. The van der Waals surface area contributed by atoms with Crippen molar-refractivity contribution in [1.82, 2.24) is 4.57 Å². The Morgan fingerprint density at radius 1 is 1.20 bits per heavy atom. The predicted molar refractivity (Wildman–Crippen MR) is 82.2 cm³/mol. The summed E-state index contributed by atoms with van der Waals surface area (Å²) < 4.78 is 2.52. The minimum atomic E-state index is 0.111. The molecule has 1 aromatic heterocycles. The Morgan fingerprint density at radius 2 is 1.90 bits per heavy atom. The van der Waals surface area contributed by atoms with Gasteiger partial charge in [0.2, 0.25) is 0 Å². The molecular formula is C18H27NO. The molecule has 0 aliphatic heterocycles. The Bertz CT molecular complexity index is 552. The van der Waals surface area contributed by atoms with Crippen LogP contribution in [0.15, 0.2) is 6.07 Å². The average Bonchev–Trinajstić information content (AvgIpc) is 2.80. The van der Waals surface area contributed by atoms with Crippen molar-refractivity contribution in [2.24, 2.45) is 17.3 Å². The number of aryl methyl sites for hydroxylation is 1. The molecule has 2 heteroatoms.